The maximum absolute atomic E-state index is 12.1. The second-order valence-corrected chi connectivity index (χ2v) is 6.64. The van der Waals surface area contributed by atoms with E-state index in [-0.39, 0.29) is 10.6 Å². The topological polar surface area (TPSA) is 96.5 Å². The number of benzene rings is 2. The standard InChI is InChI=1S/C18H12F3N3O4S/c19-18(20,21)28-13-7-5-12(6-8-13)23-16(26)22-11-3-1-10(2-4-11)9-14-15(25)24-17(27)29-14/h1-9H,(H2,22,23,26)(H,24,25,27). The van der Waals surface area contributed by atoms with Crippen LogP contribution in [0.4, 0.5) is 34.1 Å². The van der Waals surface area contributed by atoms with Gasteiger partial charge in [0.15, 0.2) is 0 Å². The van der Waals surface area contributed by atoms with Crippen molar-refractivity contribution in [3.05, 3.63) is 59.0 Å². The Morgan fingerprint density at radius 2 is 1.52 bits per heavy atom. The Morgan fingerprint density at radius 3 is 2.00 bits per heavy atom. The summed E-state index contributed by atoms with van der Waals surface area (Å²) in [5.41, 5.74) is 1.37. The third kappa shape index (κ3) is 6.01. The van der Waals surface area contributed by atoms with Crippen LogP contribution in [0, 0.1) is 0 Å². The first-order chi connectivity index (χ1) is 13.7. The molecule has 1 fully saturated rings. The SMILES string of the molecule is O=C(Nc1ccc(C=C2SC(=O)NC2=O)cc1)Nc1ccc(OC(F)(F)F)cc1. The summed E-state index contributed by atoms with van der Waals surface area (Å²) < 4.78 is 40.1. The van der Waals surface area contributed by atoms with Crippen molar-refractivity contribution in [3.63, 3.8) is 0 Å². The van der Waals surface area contributed by atoms with Crippen LogP contribution in [0.1, 0.15) is 5.56 Å². The Labute approximate surface area is 166 Å². The summed E-state index contributed by atoms with van der Waals surface area (Å²) in [6, 6.07) is 10.5. The summed E-state index contributed by atoms with van der Waals surface area (Å²) in [4.78, 5) is 34.9. The largest absolute Gasteiger partial charge is 0.573 e. The number of nitrogens with one attached hydrogen (secondary N) is 3. The number of urea groups is 1. The Kier molecular flexibility index (Phi) is 5.78. The van der Waals surface area contributed by atoms with Gasteiger partial charge in [-0.2, -0.15) is 0 Å². The Bertz CT molecular complexity index is 973. The number of carbonyl (C=O) groups is 3. The van der Waals surface area contributed by atoms with Gasteiger partial charge in [0.25, 0.3) is 11.1 Å². The summed E-state index contributed by atoms with van der Waals surface area (Å²) in [6.07, 6.45) is -3.25. The van der Waals surface area contributed by atoms with E-state index >= 15 is 0 Å². The number of halogens is 3. The van der Waals surface area contributed by atoms with Crippen LogP contribution in [-0.4, -0.2) is 23.5 Å². The van der Waals surface area contributed by atoms with Crippen LogP contribution >= 0.6 is 11.8 Å². The first-order valence-electron chi connectivity index (χ1n) is 7.97. The Balaban J connectivity index is 1.56. The van der Waals surface area contributed by atoms with E-state index in [1.165, 1.54) is 12.1 Å². The van der Waals surface area contributed by atoms with Crippen LogP contribution in [0.25, 0.3) is 6.08 Å². The first-order valence-corrected chi connectivity index (χ1v) is 8.78. The monoisotopic (exact) mass is 423 g/mol. The zero-order valence-electron chi connectivity index (χ0n) is 14.4. The number of anilines is 2. The number of thioether (sulfide) groups is 1. The van der Waals surface area contributed by atoms with Crippen molar-refractivity contribution in [1.82, 2.24) is 5.32 Å². The number of imide groups is 1. The molecule has 0 radical (unpaired) electrons. The van der Waals surface area contributed by atoms with Crippen LogP contribution in [0.15, 0.2) is 53.4 Å². The van der Waals surface area contributed by atoms with E-state index in [0.717, 1.165) is 23.9 Å². The van der Waals surface area contributed by atoms with Crippen LogP contribution in [0.3, 0.4) is 0 Å². The molecular formula is C18H12F3N3O4S. The average molecular weight is 423 g/mol. The summed E-state index contributed by atoms with van der Waals surface area (Å²) in [5, 5.41) is 6.75. The minimum Gasteiger partial charge on any atom is -0.406 e. The Morgan fingerprint density at radius 1 is 0.966 bits per heavy atom. The molecule has 1 saturated heterocycles. The fraction of sp³-hybridized carbons (Fsp3) is 0.0556. The quantitative estimate of drug-likeness (QED) is 0.627. The lowest BCUT2D eigenvalue weighted by Crippen LogP contribution is -2.19. The molecule has 3 rings (SSSR count). The average Bonchev–Trinajstić information content (AvgIpc) is 2.94. The van der Waals surface area contributed by atoms with Gasteiger partial charge in [-0.3, -0.25) is 14.9 Å². The van der Waals surface area contributed by atoms with Gasteiger partial charge in [0.1, 0.15) is 5.75 Å². The smallest absolute Gasteiger partial charge is 0.406 e. The molecule has 0 atom stereocenters. The summed E-state index contributed by atoms with van der Waals surface area (Å²) in [6.45, 7) is 0. The number of hydrogen-bond donors (Lipinski definition) is 3. The fourth-order valence-corrected chi connectivity index (χ4v) is 2.95. The van der Waals surface area contributed by atoms with Gasteiger partial charge in [-0.15, -0.1) is 13.2 Å². The third-order valence-electron chi connectivity index (χ3n) is 3.45. The molecule has 0 saturated carbocycles. The second kappa shape index (κ2) is 8.27. The molecule has 29 heavy (non-hydrogen) atoms. The second-order valence-electron chi connectivity index (χ2n) is 5.63. The number of amides is 4. The molecular weight excluding hydrogens is 411 g/mol. The van der Waals surface area contributed by atoms with Crippen LogP contribution in [0.5, 0.6) is 5.75 Å². The van der Waals surface area contributed by atoms with E-state index in [9.17, 15) is 27.6 Å². The molecule has 0 bridgehead atoms. The van der Waals surface area contributed by atoms with Gasteiger partial charge in [-0.1, -0.05) is 12.1 Å². The van der Waals surface area contributed by atoms with E-state index in [0.29, 0.717) is 11.3 Å². The molecule has 0 aromatic heterocycles. The maximum Gasteiger partial charge on any atom is 0.573 e. The number of rotatable bonds is 4. The molecule has 0 spiro atoms. The van der Waals surface area contributed by atoms with Crippen molar-refractivity contribution in [2.24, 2.45) is 0 Å². The molecule has 0 unspecified atom stereocenters. The zero-order valence-corrected chi connectivity index (χ0v) is 15.2. The van der Waals surface area contributed by atoms with E-state index < -0.39 is 29.3 Å². The lowest BCUT2D eigenvalue weighted by molar-refractivity contribution is -0.274. The molecule has 1 aliphatic rings. The van der Waals surface area contributed by atoms with E-state index in [1.54, 1.807) is 30.3 Å². The van der Waals surface area contributed by atoms with Gasteiger partial charge in [0.2, 0.25) is 0 Å². The zero-order chi connectivity index (χ0) is 21.0. The van der Waals surface area contributed by atoms with Crippen molar-refractivity contribution in [3.8, 4) is 5.75 Å². The number of ether oxygens (including phenoxy) is 1. The molecule has 0 aliphatic carbocycles. The fourth-order valence-electron chi connectivity index (χ4n) is 2.27. The minimum atomic E-state index is -4.79. The van der Waals surface area contributed by atoms with Gasteiger partial charge in [0, 0.05) is 11.4 Å². The van der Waals surface area contributed by atoms with Crippen LogP contribution in [-0.2, 0) is 4.79 Å². The molecule has 4 amide bonds. The number of hydrogen-bond acceptors (Lipinski definition) is 5. The van der Waals surface area contributed by atoms with Crippen molar-refractivity contribution < 1.29 is 32.3 Å². The van der Waals surface area contributed by atoms with Crippen molar-refractivity contribution in [2.45, 2.75) is 6.36 Å². The van der Waals surface area contributed by atoms with Gasteiger partial charge in [0.05, 0.1) is 4.91 Å². The molecule has 2 aromatic carbocycles. The normalized spacial score (nSPS) is 15.2. The van der Waals surface area contributed by atoms with Gasteiger partial charge in [-0.05, 0) is 59.8 Å². The number of carbonyl (C=O) groups excluding carboxylic acids is 3. The van der Waals surface area contributed by atoms with E-state index in [1.807, 2.05) is 0 Å². The lowest BCUT2D eigenvalue weighted by Gasteiger charge is -2.10. The van der Waals surface area contributed by atoms with Crippen molar-refractivity contribution >= 4 is 46.4 Å². The van der Waals surface area contributed by atoms with Crippen molar-refractivity contribution in [1.29, 1.82) is 0 Å². The summed E-state index contributed by atoms with van der Waals surface area (Å²) in [5.74, 6) is -0.864. The van der Waals surface area contributed by atoms with Crippen LogP contribution in [0.2, 0.25) is 0 Å². The molecule has 2 aromatic rings. The molecule has 1 heterocycles. The minimum absolute atomic E-state index is 0.270. The molecule has 11 heteroatoms. The van der Waals surface area contributed by atoms with Gasteiger partial charge in [-0.25, -0.2) is 4.79 Å². The highest BCUT2D eigenvalue weighted by Gasteiger charge is 2.31. The van der Waals surface area contributed by atoms with Gasteiger partial charge < -0.3 is 15.4 Å². The maximum atomic E-state index is 12.1. The highest BCUT2D eigenvalue weighted by molar-refractivity contribution is 8.18. The molecule has 3 N–H and O–H groups in total. The first kappa shape index (κ1) is 20.3. The molecule has 7 nitrogen and oxygen atoms in total. The number of alkyl halides is 3. The third-order valence-corrected chi connectivity index (χ3v) is 4.26. The lowest BCUT2D eigenvalue weighted by atomic mass is 10.2. The Hall–Kier alpha value is -3.47. The summed E-state index contributed by atoms with van der Waals surface area (Å²) >= 11 is 0.799. The predicted octanol–water partition coefficient (Wildman–Crippen LogP) is 4.55. The van der Waals surface area contributed by atoms with E-state index in [2.05, 4.69) is 20.7 Å². The molecule has 150 valence electrons. The van der Waals surface area contributed by atoms with Crippen molar-refractivity contribution in [2.75, 3.05) is 10.6 Å². The highest BCUT2D eigenvalue weighted by Crippen LogP contribution is 2.26. The molecule has 1 aliphatic heterocycles. The van der Waals surface area contributed by atoms with Crippen LogP contribution < -0.4 is 20.7 Å². The highest BCUT2D eigenvalue weighted by atomic mass is 32.2. The predicted molar refractivity (Wildman–Crippen MR) is 101 cm³/mol. The van der Waals surface area contributed by atoms with Gasteiger partial charge >= 0.3 is 12.4 Å². The summed E-state index contributed by atoms with van der Waals surface area (Å²) in [7, 11) is 0. The van der Waals surface area contributed by atoms with E-state index in [4.69, 9.17) is 0 Å².